The van der Waals surface area contributed by atoms with Crippen LogP contribution in [0.4, 0.5) is 0 Å². The molecule has 0 aliphatic heterocycles. The van der Waals surface area contributed by atoms with Crippen molar-refractivity contribution in [1.82, 2.24) is 0 Å². The number of carbonyl (C=O) groups is 1. The molecule has 2 aromatic carbocycles. The van der Waals surface area contributed by atoms with Gasteiger partial charge in [0.25, 0.3) is 0 Å². The molecule has 0 atom stereocenters. The Labute approximate surface area is 141 Å². The van der Waals surface area contributed by atoms with Crippen molar-refractivity contribution in [1.29, 1.82) is 0 Å². The normalized spacial score (nSPS) is 10.3. The zero-order chi connectivity index (χ0) is 14.5. The van der Waals surface area contributed by atoms with Gasteiger partial charge in [-0.2, -0.15) is 0 Å². The molecule has 5 heteroatoms. The fourth-order valence-corrected chi connectivity index (χ4v) is 3.03. The van der Waals surface area contributed by atoms with Gasteiger partial charge in [-0.15, -0.1) is 0 Å². The van der Waals surface area contributed by atoms with Crippen LogP contribution in [0.5, 0.6) is 0 Å². The molecule has 0 saturated heterocycles. The fourth-order valence-electron chi connectivity index (χ4n) is 1.55. The van der Waals surface area contributed by atoms with E-state index < -0.39 is 0 Å². The van der Waals surface area contributed by atoms with Crippen LogP contribution in [0.2, 0.25) is 5.02 Å². The topological polar surface area (TPSA) is 26.3 Å². The maximum Gasteiger partial charge on any atom is 0.338 e. The van der Waals surface area contributed by atoms with Crippen LogP contribution in [0, 0.1) is 3.57 Å². The first-order valence-corrected chi connectivity index (χ1v) is 8.27. The molecular weight excluding hydrogens is 407 g/mol. The molecule has 0 spiro atoms. The predicted molar refractivity (Wildman–Crippen MR) is 90.7 cm³/mol. The minimum Gasteiger partial charge on any atom is -0.462 e. The van der Waals surface area contributed by atoms with Gasteiger partial charge in [0, 0.05) is 13.4 Å². The summed E-state index contributed by atoms with van der Waals surface area (Å²) in [6, 6.07) is 13.4. The summed E-state index contributed by atoms with van der Waals surface area (Å²) in [4.78, 5) is 13.6. The number of halogens is 2. The Morgan fingerprint density at radius 3 is 2.55 bits per heavy atom. The number of carbonyl (C=O) groups excluding carboxylic acids is 1. The highest BCUT2D eigenvalue weighted by molar-refractivity contribution is 14.1. The van der Waals surface area contributed by atoms with E-state index in [-0.39, 0.29) is 5.97 Å². The summed E-state index contributed by atoms with van der Waals surface area (Å²) in [7, 11) is 0. The second-order valence-corrected chi connectivity index (χ2v) is 6.69. The molecule has 0 aromatic heterocycles. The number of rotatable bonds is 4. The summed E-state index contributed by atoms with van der Waals surface area (Å²) in [6.45, 7) is 2.14. The minimum absolute atomic E-state index is 0.347. The Hall–Kier alpha value is -0.720. The maximum atomic E-state index is 11.6. The van der Waals surface area contributed by atoms with Crippen molar-refractivity contribution in [2.75, 3.05) is 6.61 Å². The summed E-state index contributed by atoms with van der Waals surface area (Å²) >= 11 is 10.1. The van der Waals surface area contributed by atoms with E-state index in [0.29, 0.717) is 17.2 Å². The highest BCUT2D eigenvalue weighted by atomic mass is 127. The van der Waals surface area contributed by atoms with Gasteiger partial charge in [0.15, 0.2) is 0 Å². The molecule has 0 saturated carbocycles. The van der Waals surface area contributed by atoms with Gasteiger partial charge in [0.05, 0.1) is 17.2 Å². The standard InChI is InChI=1S/C15H12ClIO2S/c1-2-19-15(18)10-3-8-14(13(16)9-10)20-12-6-4-11(17)5-7-12/h3-9H,2H2,1H3. The average Bonchev–Trinajstić information content (AvgIpc) is 2.43. The Morgan fingerprint density at radius 2 is 1.95 bits per heavy atom. The van der Waals surface area contributed by atoms with Gasteiger partial charge < -0.3 is 4.74 Å². The van der Waals surface area contributed by atoms with Crippen molar-refractivity contribution in [2.45, 2.75) is 16.7 Å². The van der Waals surface area contributed by atoms with Gasteiger partial charge in [0.2, 0.25) is 0 Å². The lowest BCUT2D eigenvalue weighted by Crippen LogP contribution is -2.04. The van der Waals surface area contributed by atoms with E-state index in [1.165, 1.54) is 3.57 Å². The van der Waals surface area contributed by atoms with Crippen LogP contribution in [0.1, 0.15) is 17.3 Å². The first-order valence-electron chi connectivity index (χ1n) is 6.00. The van der Waals surface area contributed by atoms with Gasteiger partial charge in [-0.3, -0.25) is 0 Å². The van der Waals surface area contributed by atoms with Gasteiger partial charge in [-0.25, -0.2) is 4.79 Å². The molecule has 2 nitrogen and oxygen atoms in total. The maximum absolute atomic E-state index is 11.6. The Bertz CT molecular complexity index is 614. The molecule has 2 aromatic rings. The van der Waals surface area contributed by atoms with Gasteiger partial charge in [-0.1, -0.05) is 23.4 Å². The van der Waals surface area contributed by atoms with E-state index in [1.807, 2.05) is 30.3 Å². The Kier molecular flexibility index (Phi) is 5.74. The summed E-state index contributed by atoms with van der Waals surface area (Å²) in [6.07, 6.45) is 0. The van der Waals surface area contributed by atoms with Crippen molar-refractivity contribution in [3.63, 3.8) is 0 Å². The van der Waals surface area contributed by atoms with Crippen LogP contribution in [0.3, 0.4) is 0 Å². The predicted octanol–water partition coefficient (Wildman–Crippen LogP) is 5.27. The highest BCUT2D eigenvalue weighted by Gasteiger charge is 2.10. The smallest absolute Gasteiger partial charge is 0.338 e. The van der Waals surface area contributed by atoms with E-state index in [4.69, 9.17) is 16.3 Å². The quantitative estimate of drug-likeness (QED) is 0.500. The Morgan fingerprint density at radius 1 is 1.25 bits per heavy atom. The third-order valence-corrected chi connectivity index (χ3v) is 4.71. The summed E-state index contributed by atoms with van der Waals surface area (Å²) in [5.74, 6) is -0.347. The molecule has 0 aliphatic rings. The van der Waals surface area contributed by atoms with Gasteiger partial charge in [0.1, 0.15) is 0 Å². The van der Waals surface area contributed by atoms with Crippen molar-refractivity contribution >= 4 is 51.9 Å². The lowest BCUT2D eigenvalue weighted by atomic mass is 10.2. The average molecular weight is 419 g/mol. The molecule has 20 heavy (non-hydrogen) atoms. The Balaban J connectivity index is 2.17. The monoisotopic (exact) mass is 418 g/mol. The zero-order valence-electron chi connectivity index (χ0n) is 10.7. The number of esters is 1. The van der Waals surface area contributed by atoms with Crippen molar-refractivity contribution < 1.29 is 9.53 Å². The van der Waals surface area contributed by atoms with Gasteiger partial charge >= 0.3 is 5.97 Å². The lowest BCUT2D eigenvalue weighted by Gasteiger charge is -2.07. The molecule has 0 N–H and O–H groups in total. The SMILES string of the molecule is CCOC(=O)c1ccc(Sc2ccc(I)cc2)c(Cl)c1. The van der Waals surface area contributed by atoms with Gasteiger partial charge in [-0.05, 0) is 72.0 Å². The highest BCUT2D eigenvalue weighted by Crippen LogP contribution is 2.34. The van der Waals surface area contributed by atoms with E-state index in [1.54, 1.807) is 30.8 Å². The first kappa shape index (κ1) is 15.7. The second kappa shape index (κ2) is 7.33. The lowest BCUT2D eigenvalue weighted by molar-refractivity contribution is 0.0526. The molecular formula is C15H12ClIO2S. The van der Waals surface area contributed by atoms with Crippen molar-refractivity contribution in [3.05, 3.63) is 56.6 Å². The van der Waals surface area contributed by atoms with E-state index in [0.717, 1.165) is 9.79 Å². The van der Waals surface area contributed by atoms with Crippen LogP contribution in [0.15, 0.2) is 52.3 Å². The number of hydrogen-bond acceptors (Lipinski definition) is 3. The van der Waals surface area contributed by atoms with Crippen LogP contribution in [-0.4, -0.2) is 12.6 Å². The van der Waals surface area contributed by atoms with E-state index in [9.17, 15) is 4.79 Å². The molecule has 0 fully saturated rings. The molecule has 2 rings (SSSR count). The number of ether oxygens (including phenoxy) is 1. The fraction of sp³-hybridized carbons (Fsp3) is 0.133. The second-order valence-electron chi connectivity index (χ2n) is 3.92. The number of hydrogen-bond donors (Lipinski definition) is 0. The molecule has 0 amide bonds. The summed E-state index contributed by atoms with van der Waals surface area (Å²) in [5, 5.41) is 0.555. The van der Waals surface area contributed by atoms with E-state index in [2.05, 4.69) is 22.6 Å². The van der Waals surface area contributed by atoms with Crippen molar-refractivity contribution in [2.24, 2.45) is 0 Å². The molecule has 104 valence electrons. The van der Waals surface area contributed by atoms with Crippen LogP contribution in [0.25, 0.3) is 0 Å². The molecule has 0 aliphatic carbocycles. The van der Waals surface area contributed by atoms with E-state index >= 15 is 0 Å². The first-order chi connectivity index (χ1) is 9.60. The summed E-state index contributed by atoms with van der Waals surface area (Å²) < 4.78 is 6.14. The third-order valence-electron chi connectivity index (χ3n) is 2.48. The molecule has 0 radical (unpaired) electrons. The molecule has 0 heterocycles. The molecule has 0 unspecified atom stereocenters. The summed E-state index contributed by atoms with van der Waals surface area (Å²) in [5.41, 5.74) is 0.476. The van der Waals surface area contributed by atoms with Crippen LogP contribution in [-0.2, 0) is 4.74 Å². The van der Waals surface area contributed by atoms with Crippen molar-refractivity contribution in [3.8, 4) is 0 Å². The van der Waals surface area contributed by atoms with Crippen LogP contribution >= 0.6 is 46.0 Å². The number of benzene rings is 2. The zero-order valence-corrected chi connectivity index (χ0v) is 14.5. The van der Waals surface area contributed by atoms with Crippen LogP contribution < -0.4 is 0 Å². The largest absolute Gasteiger partial charge is 0.462 e. The minimum atomic E-state index is -0.347. The molecule has 0 bridgehead atoms. The third kappa shape index (κ3) is 4.14.